The van der Waals surface area contributed by atoms with Crippen molar-refractivity contribution in [2.45, 2.75) is 110 Å². The molecule has 374 valence electrons. The van der Waals surface area contributed by atoms with Crippen LogP contribution in [-0.2, 0) is 48.2 Å². The average molecular weight is 985 g/mol. The zero-order chi connectivity index (χ0) is 50.8. The highest BCUT2D eigenvalue weighted by Gasteiger charge is 2.45. The second-order valence-electron chi connectivity index (χ2n) is 18.2. The number of amides is 4. The normalized spacial score (nSPS) is 17.0. The van der Waals surface area contributed by atoms with Crippen LogP contribution in [0.4, 0.5) is 32.3 Å². The number of benzene rings is 2. The van der Waals surface area contributed by atoms with Crippen LogP contribution in [0.1, 0.15) is 97.4 Å². The van der Waals surface area contributed by atoms with Gasteiger partial charge in [-0.15, -0.1) is 0 Å². The number of nitrogen functional groups attached to an aromatic ring is 1. The predicted octanol–water partition coefficient (Wildman–Crippen LogP) is 5.10. The summed E-state index contributed by atoms with van der Waals surface area (Å²) >= 11 is 0. The Labute approximate surface area is 392 Å². The smallest absolute Gasteiger partial charge is 0.411 e. The Morgan fingerprint density at radius 2 is 1.01 bits per heavy atom. The van der Waals surface area contributed by atoms with E-state index in [2.05, 4.69) is 9.47 Å². The average Bonchev–Trinajstić information content (AvgIpc) is 3.17. The molecule has 0 unspecified atom stereocenters. The first-order valence-electron chi connectivity index (χ1n) is 20.5. The Morgan fingerprint density at radius 3 is 1.33 bits per heavy atom. The van der Waals surface area contributed by atoms with Gasteiger partial charge < -0.3 is 34.5 Å². The number of nitrogens with zero attached hydrogens (tertiary/aromatic N) is 5. The zero-order valence-corrected chi connectivity index (χ0v) is 41.2. The van der Waals surface area contributed by atoms with E-state index in [1.54, 1.807) is 69.2 Å². The highest BCUT2D eigenvalue weighted by atomic mass is 32.2. The van der Waals surface area contributed by atoms with Gasteiger partial charge in [-0.05, 0) is 71.6 Å². The molecule has 2 aromatic carbocycles. The lowest BCUT2D eigenvalue weighted by atomic mass is 9.98. The number of hydrogen-bond donors (Lipinski definition) is 1. The van der Waals surface area contributed by atoms with Crippen LogP contribution in [-0.4, -0.2) is 144 Å². The van der Waals surface area contributed by atoms with Gasteiger partial charge >= 0.3 is 24.1 Å². The van der Waals surface area contributed by atoms with Crippen molar-refractivity contribution in [1.82, 2.24) is 9.80 Å². The molecule has 2 aliphatic rings. The van der Waals surface area contributed by atoms with Gasteiger partial charge in [0.25, 0.3) is 5.69 Å². The molecule has 0 spiro atoms. The van der Waals surface area contributed by atoms with Crippen LogP contribution in [0.2, 0.25) is 0 Å². The molecule has 22 nitrogen and oxygen atoms in total. The maximum atomic E-state index is 13.5. The standard InChI is InChI=1S/C21H29N3O9S.C21H31N3O7S.CH4/c1-12(2)17-18(25)22(8-9-23(17)20(27)33-21(3,4)5)14-11-16(34(7,30)31)13(19(26)32-6)10-15(14)24(28)29;1-12(2)17-18(25)23(8-9-24(17)20(27)31-21(3,4)5)15-11-16(32(7,28)29)13(10-14(15)22)19(26)30-6;/h10-12,17H,8-9H2,1-7H3;10-12,17H,8-9,22H2,1-7H3;1H4/t2*17-;/m11./s1. The second-order valence-corrected chi connectivity index (χ2v) is 22.2. The van der Waals surface area contributed by atoms with Crippen LogP contribution in [0.3, 0.4) is 0 Å². The SMILES string of the molecule is C.COC(=O)c1cc(N)c(N2CCN(C(=O)OC(C)(C)C)[C@H](C(C)C)C2=O)cc1S(C)(=O)=O.COC(=O)c1cc([N+](=O)[O-])c(N2CCN(C(=O)OC(C)(C)C)[C@H](C(C)C)C2=O)cc1S(C)(=O)=O. The first-order valence-corrected chi connectivity index (χ1v) is 24.3. The lowest BCUT2D eigenvalue weighted by Gasteiger charge is -2.42. The van der Waals surface area contributed by atoms with Gasteiger partial charge in [0, 0.05) is 44.8 Å². The maximum absolute atomic E-state index is 13.5. The Bertz CT molecular complexity index is 2500. The summed E-state index contributed by atoms with van der Waals surface area (Å²) in [6.45, 7) is 17.4. The van der Waals surface area contributed by atoms with Gasteiger partial charge in [-0.2, -0.15) is 0 Å². The van der Waals surface area contributed by atoms with Crippen molar-refractivity contribution < 1.29 is 69.5 Å². The number of methoxy groups -OCH3 is 2. The molecule has 0 radical (unpaired) electrons. The molecule has 2 fully saturated rings. The molecule has 67 heavy (non-hydrogen) atoms. The Kier molecular flexibility index (Phi) is 18.1. The fourth-order valence-electron chi connectivity index (χ4n) is 7.21. The molecular weight excluding hydrogens is 921 g/mol. The molecule has 2 aliphatic heterocycles. The monoisotopic (exact) mass is 984 g/mol. The van der Waals surface area contributed by atoms with E-state index in [9.17, 15) is 55.7 Å². The summed E-state index contributed by atoms with van der Waals surface area (Å²) < 4.78 is 69.5. The highest BCUT2D eigenvalue weighted by Crippen LogP contribution is 2.38. The zero-order valence-electron chi connectivity index (χ0n) is 39.6. The molecule has 2 aromatic rings. The number of nitrogens with two attached hydrogens (primary N) is 1. The van der Waals surface area contributed by atoms with Crippen molar-refractivity contribution in [3.8, 4) is 0 Å². The number of nitro groups is 1. The van der Waals surface area contributed by atoms with Crippen molar-refractivity contribution in [2.75, 3.05) is 68.4 Å². The van der Waals surface area contributed by atoms with Crippen LogP contribution in [0, 0.1) is 22.0 Å². The fraction of sp³-hybridized carbons (Fsp3) is 0.581. The highest BCUT2D eigenvalue weighted by molar-refractivity contribution is 7.91. The number of carbonyl (C=O) groups excluding carboxylic acids is 6. The van der Waals surface area contributed by atoms with Gasteiger partial charge in [0.1, 0.15) is 29.0 Å². The van der Waals surface area contributed by atoms with Crippen LogP contribution in [0.15, 0.2) is 34.1 Å². The second kappa shape index (κ2) is 21.3. The van der Waals surface area contributed by atoms with E-state index in [4.69, 9.17) is 15.2 Å². The van der Waals surface area contributed by atoms with Crippen molar-refractivity contribution >= 4 is 78.4 Å². The number of sulfone groups is 2. The molecule has 0 aliphatic carbocycles. The van der Waals surface area contributed by atoms with Crippen molar-refractivity contribution in [2.24, 2.45) is 11.8 Å². The largest absolute Gasteiger partial charge is 0.465 e. The number of carbonyl (C=O) groups is 6. The third-order valence-corrected chi connectivity index (χ3v) is 12.2. The molecule has 2 atom stereocenters. The minimum Gasteiger partial charge on any atom is -0.465 e. The summed E-state index contributed by atoms with van der Waals surface area (Å²) in [5.74, 6) is -3.62. The molecular formula is C43H64N6O16S2. The Balaban J connectivity index is 0.000000454. The summed E-state index contributed by atoms with van der Waals surface area (Å²) in [5, 5.41) is 11.8. The number of nitro benzene ring substituents is 1. The van der Waals surface area contributed by atoms with E-state index >= 15 is 0 Å². The summed E-state index contributed by atoms with van der Waals surface area (Å²) in [6.07, 6.45) is 0.485. The summed E-state index contributed by atoms with van der Waals surface area (Å²) in [6, 6.07) is 2.27. The summed E-state index contributed by atoms with van der Waals surface area (Å²) in [5.41, 5.74) is 3.12. The minimum absolute atomic E-state index is 0. The van der Waals surface area contributed by atoms with Crippen LogP contribution >= 0.6 is 0 Å². The number of ether oxygens (including phenoxy) is 4. The first kappa shape index (κ1) is 57.1. The molecule has 0 bridgehead atoms. The summed E-state index contributed by atoms with van der Waals surface area (Å²) in [4.78, 5) is 91.8. The number of esters is 2. The van der Waals surface area contributed by atoms with Crippen LogP contribution < -0.4 is 15.5 Å². The van der Waals surface area contributed by atoms with Gasteiger partial charge in [-0.1, -0.05) is 35.1 Å². The Hall–Kier alpha value is -6.04. The molecule has 2 saturated heterocycles. The van der Waals surface area contributed by atoms with E-state index in [-0.39, 0.29) is 73.0 Å². The lowest BCUT2D eigenvalue weighted by molar-refractivity contribution is -0.384. The van der Waals surface area contributed by atoms with Crippen LogP contribution in [0.25, 0.3) is 0 Å². The van der Waals surface area contributed by atoms with E-state index in [0.717, 1.165) is 43.8 Å². The van der Waals surface area contributed by atoms with E-state index in [1.807, 2.05) is 0 Å². The molecule has 2 N–H and O–H groups in total. The number of anilines is 3. The molecule has 2 heterocycles. The number of hydrogen-bond acceptors (Lipinski definition) is 17. The molecule has 0 saturated carbocycles. The third kappa shape index (κ3) is 13.5. The minimum atomic E-state index is -4.03. The van der Waals surface area contributed by atoms with Gasteiger partial charge in [-0.25, -0.2) is 36.0 Å². The predicted molar refractivity (Wildman–Crippen MR) is 247 cm³/mol. The summed E-state index contributed by atoms with van der Waals surface area (Å²) in [7, 11) is -5.72. The van der Waals surface area contributed by atoms with Gasteiger partial charge in [0.2, 0.25) is 11.8 Å². The fourth-order valence-corrected chi connectivity index (χ4v) is 8.95. The van der Waals surface area contributed by atoms with E-state index in [0.29, 0.717) is 0 Å². The third-order valence-electron chi connectivity index (χ3n) is 9.95. The quantitative estimate of drug-likeness (QED) is 0.112. The number of piperazine rings is 2. The van der Waals surface area contributed by atoms with E-state index < -0.39 is 100.0 Å². The Morgan fingerprint density at radius 1 is 0.672 bits per heavy atom. The van der Waals surface area contributed by atoms with Crippen molar-refractivity contribution in [3.05, 3.63) is 45.5 Å². The van der Waals surface area contributed by atoms with E-state index in [1.165, 1.54) is 26.8 Å². The van der Waals surface area contributed by atoms with Gasteiger partial charge in [-0.3, -0.25) is 29.5 Å². The van der Waals surface area contributed by atoms with Crippen LogP contribution in [0.5, 0.6) is 0 Å². The molecule has 4 amide bonds. The molecule has 24 heteroatoms. The maximum Gasteiger partial charge on any atom is 0.411 e. The topological polar surface area (TPSA) is 290 Å². The molecule has 4 rings (SSSR count). The first-order chi connectivity index (χ1) is 30.1. The lowest BCUT2D eigenvalue weighted by Crippen LogP contribution is -2.61. The van der Waals surface area contributed by atoms with Crippen molar-refractivity contribution in [1.29, 1.82) is 0 Å². The van der Waals surface area contributed by atoms with Gasteiger partial charge in [0.05, 0.1) is 51.4 Å². The number of rotatable bonds is 9. The van der Waals surface area contributed by atoms with Crippen molar-refractivity contribution in [3.63, 3.8) is 0 Å². The van der Waals surface area contributed by atoms with Gasteiger partial charge in [0.15, 0.2) is 19.7 Å². The molecule has 0 aromatic heterocycles.